The predicted octanol–water partition coefficient (Wildman–Crippen LogP) is 3.36. The van der Waals surface area contributed by atoms with Gasteiger partial charge in [0.05, 0.1) is 20.6 Å². The van der Waals surface area contributed by atoms with Gasteiger partial charge in [0, 0.05) is 5.56 Å². The number of aliphatic carboxylic acids is 1. The van der Waals surface area contributed by atoms with Crippen molar-refractivity contribution in [3.63, 3.8) is 0 Å². The smallest absolute Gasteiger partial charge is 0.307 e. The number of hydrogen-bond acceptors (Lipinski definition) is 3. The molecule has 0 fully saturated rings. The molecule has 0 aromatic heterocycles. The fourth-order valence-corrected chi connectivity index (χ4v) is 1.89. The average molecular weight is 264 g/mol. The SMILES string of the molecule is CCC/C(=C\CC(=O)O)c1cc(OC)ccc1OC. The van der Waals surface area contributed by atoms with Gasteiger partial charge in [0.15, 0.2) is 0 Å². The summed E-state index contributed by atoms with van der Waals surface area (Å²) in [5.74, 6) is 0.620. The molecule has 0 aliphatic carbocycles. The summed E-state index contributed by atoms with van der Waals surface area (Å²) in [6.45, 7) is 2.06. The Labute approximate surface area is 113 Å². The highest BCUT2D eigenvalue weighted by Gasteiger charge is 2.10. The number of hydrogen-bond donors (Lipinski definition) is 1. The van der Waals surface area contributed by atoms with Crippen LogP contribution in [0.3, 0.4) is 0 Å². The molecule has 104 valence electrons. The highest BCUT2D eigenvalue weighted by molar-refractivity contribution is 5.76. The molecule has 0 spiro atoms. The van der Waals surface area contributed by atoms with E-state index in [0.717, 1.165) is 35.5 Å². The molecule has 0 heterocycles. The highest BCUT2D eigenvalue weighted by Crippen LogP contribution is 2.32. The Balaban J connectivity index is 3.19. The summed E-state index contributed by atoms with van der Waals surface area (Å²) in [4.78, 5) is 10.7. The number of carboxylic acid groups (broad SMARTS) is 1. The Hall–Kier alpha value is -1.97. The van der Waals surface area contributed by atoms with Crippen molar-refractivity contribution in [2.75, 3.05) is 14.2 Å². The van der Waals surface area contributed by atoms with Crippen LogP contribution in [0.1, 0.15) is 31.7 Å². The average Bonchev–Trinajstić information content (AvgIpc) is 2.42. The molecule has 0 saturated heterocycles. The number of carbonyl (C=O) groups is 1. The van der Waals surface area contributed by atoms with E-state index in [2.05, 4.69) is 6.92 Å². The molecule has 0 amide bonds. The van der Waals surface area contributed by atoms with Crippen molar-refractivity contribution in [2.45, 2.75) is 26.2 Å². The van der Waals surface area contributed by atoms with Gasteiger partial charge in [-0.25, -0.2) is 0 Å². The van der Waals surface area contributed by atoms with Crippen molar-refractivity contribution >= 4 is 11.5 Å². The molecule has 0 saturated carbocycles. The van der Waals surface area contributed by atoms with Crippen molar-refractivity contribution in [1.29, 1.82) is 0 Å². The van der Waals surface area contributed by atoms with Gasteiger partial charge in [0.2, 0.25) is 0 Å². The fourth-order valence-electron chi connectivity index (χ4n) is 1.89. The second kappa shape index (κ2) is 7.46. The summed E-state index contributed by atoms with van der Waals surface area (Å²) in [5, 5.41) is 8.80. The summed E-state index contributed by atoms with van der Waals surface area (Å²) in [6.07, 6.45) is 3.49. The monoisotopic (exact) mass is 264 g/mol. The van der Waals surface area contributed by atoms with E-state index in [1.165, 1.54) is 0 Å². The van der Waals surface area contributed by atoms with Crippen molar-refractivity contribution in [3.8, 4) is 11.5 Å². The minimum Gasteiger partial charge on any atom is -0.497 e. The van der Waals surface area contributed by atoms with Gasteiger partial charge in [-0.1, -0.05) is 19.4 Å². The molecule has 0 radical (unpaired) electrons. The molecule has 19 heavy (non-hydrogen) atoms. The van der Waals surface area contributed by atoms with E-state index in [1.807, 2.05) is 18.2 Å². The zero-order chi connectivity index (χ0) is 14.3. The first-order valence-corrected chi connectivity index (χ1v) is 6.25. The van der Waals surface area contributed by atoms with Gasteiger partial charge in [0.25, 0.3) is 0 Å². The lowest BCUT2D eigenvalue weighted by Gasteiger charge is -2.13. The Morgan fingerprint density at radius 3 is 2.58 bits per heavy atom. The number of rotatable bonds is 7. The van der Waals surface area contributed by atoms with E-state index < -0.39 is 5.97 Å². The molecule has 1 rings (SSSR count). The number of carboxylic acids is 1. The summed E-state index contributed by atoms with van der Waals surface area (Å²) in [6, 6.07) is 5.53. The van der Waals surface area contributed by atoms with Gasteiger partial charge >= 0.3 is 5.97 Å². The maximum absolute atomic E-state index is 10.7. The van der Waals surface area contributed by atoms with Crippen LogP contribution >= 0.6 is 0 Å². The summed E-state index contributed by atoms with van der Waals surface area (Å²) in [7, 11) is 3.21. The molecule has 0 bridgehead atoms. The van der Waals surface area contributed by atoms with E-state index >= 15 is 0 Å². The Kier molecular flexibility index (Phi) is 5.93. The van der Waals surface area contributed by atoms with Crippen LogP contribution in [0.15, 0.2) is 24.3 Å². The topological polar surface area (TPSA) is 55.8 Å². The second-order valence-corrected chi connectivity index (χ2v) is 4.14. The van der Waals surface area contributed by atoms with E-state index in [-0.39, 0.29) is 6.42 Å². The lowest BCUT2D eigenvalue weighted by Crippen LogP contribution is -1.96. The van der Waals surface area contributed by atoms with Crippen molar-refractivity contribution in [2.24, 2.45) is 0 Å². The molecular weight excluding hydrogens is 244 g/mol. The Bertz CT molecular complexity index is 463. The van der Waals surface area contributed by atoms with Gasteiger partial charge in [-0.05, 0) is 30.2 Å². The predicted molar refractivity (Wildman–Crippen MR) is 74.7 cm³/mol. The van der Waals surface area contributed by atoms with Crippen LogP contribution in [0.25, 0.3) is 5.57 Å². The zero-order valence-electron chi connectivity index (χ0n) is 11.6. The van der Waals surface area contributed by atoms with Crippen LogP contribution in [0.5, 0.6) is 11.5 Å². The minimum absolute atomic E-state index is 0.00962. The summed E-state index contributed by atoms with van der Waals surface area (Å²) < 4.78 is 10.5. The first-order valence-electron chi connectivity index (χ1n) is 6.25. The lowest BCUT2D eigenvalue weighted by molar-refractivity contribution is -0.135. The van der Waals surface area contributed by atoms with E-state index in [1.54, 1.807) is 20.3 Å². The van der Waals surface area contributed by atoms with Gasteiger partial charge in [0.1, 0.15) is 11.5 Å². The number of ether oxygens (including phenoxy) is 2. The van der Waals surface area contributed by atoms with Crippen LogP contribution in [0, 0.1) is 0 Å². The molecule has 0 aliphatic heterocycles. The number of allylic oxidation sites excluding steroid dienone is 1. The lowest BCUT2D eigenvalue weighted by atomic mass is 9.99. The first kappa shape index (κ1) is 15.1. The van der Waals surface area contributed by atoms with Crippen molar-refractivity contribution < 1.29 is 19.4 Å². The summed E-state index contributed by atoms with van der Waals surface area (Å²) in [5.41, 5.74) is 1.87. The van der Waals surface area contributed by atoms with E-state index in [0.29, 0.717) is 0 Å². The normalized spacial score (nSPS) is 11.2. The molecule has 0 aliphatic rings. The van der Waals surface area contributed by atoms with Gasteiger partial charge in [-0.15, -0.1) is 0 Å². The quantitative estimate of drug-likeness (QED) is 0.820. The van der Waals surface area contributed by atoms with Gasteiger partial charge in [-0.2, -0.15) is 0 Å². The third-order valence-corrected chi connectivity index (χ3v) is 2.80. The molecule has 1 N–H and O–H groups in total. The maximum atomic E-state index is 10.7. The molecule has 1 aromatic rings. The number of benzene rings is 1. The summed E-state index contributed by atoms with van der Waals surface area (Å²) >= 11 is 0. The minimum atomic E-state index is -0.838. The fraction of sp³-hybridized carbons (Fsp3) is 0.400. The molecule has 0 unspecified atom stereocenters. The standard InChI is InChI=1S/C15H20O4/c1-4-5-11(6-9-15(16)17)13-10-12(18-2)7-8-14(13)19-3/h6-8,10H,4-5,9H2,1-3H3,(H,16,17)/b11-6+. The number of methoxy groups -OCH3 is 2. The third-order valence-electron chi connectivity index (χ3n) is 2.80. The first-order chi connectivity index (χ1) is 9.12. The molecular formula is C15H20O4. The highest BCUT2D eigenvalue weighted by atomic mass is 16.5. The van der Waals surface area contributed by atoms with Crippen LogP contribution in [0.4, 0.5) is 0 Å². The van der Waals surface area contributed by atoms with Gasteiger partial charge < -0.3 is 14.6 Å². The second-order valence-electron chi connectivity index (χ2n) is 4.14. The third kappa shape index (κ3) is 4.32. The van der Waals surface area contributed by atoms with E-state index in [4.69, 9.17) is 14.6 Å². The van der Waals surface area contributed by atoms with Crippen molar-refractivity contribution in [3.05, 3.63) is 29.8 Å². The zero-order valence-corrected chi connectivity index (χ0v) is 11.6. The van der Waals surface area contributed by atoms with E-state index in [9.17, 15) is 4.79 Å². The van der Waals surface area contributed by atoms with Crippen LogP contribution in [-0.4, -0.2) is 25.3 Å². The maximum Gasteiger partial charge on any atom is 0.307 e. The molecule has 1 aromatic carbocycles. The van der Waals surface area contributed by atoms with Crippen LogP contribution < -0.4 is 9.47 Å². The Morgan fingerprint density at radius 1 is 1.32 bits per heavy atom. The van der Waals surface area contributed by atoms with Crippen LogP contribution in [0.2, 0.25) is 0 Å². The van der Waals surface area contributed by atoms with Gasteiger partial charge in [-0.3, -0.25) is 4.79 Å². The van der Waals surface area contributed by atoms with Crippen molar-refractivity contribution in [1.82, 2.24) is 0 Å². The largest absolute Gasteiger partial charge is 0.497 e. The van der Waals surface area contributed by atoms with Crippen LogP contribution in [-0.2, 0) is 4.79 Å². The Morgan fingerprint density at radius 2 is 2.05 bits per heavy atom. The molecule has 4 heteroatoms. The molecule has 4 nitrogen and oxygen atoms in total. The molecule has 0 atom stereocenters.